The Hall–Kier alpha value is -3.05. The van der Waals surface area contributed by atoms with Crippen LogP contribution in [-0.2, 0) is 12.6 Å². The van der Waals surface area contributed by atoms with E-state index in [9.17, 15) is 26.3 Å². The molecule has 4 heterocycles. The normalized spacial score (nSPS) is 25.0. The van der Waals surface area contributed by atoms with Crippen molar-refractivity contribution in [3.63, 3.8) is 0 Å². The van der Waals surface area contributed by atoms with E-state index in [0.717, 1.165) is 18.9 Å². The number of aromatic nitrogens is 4. The maximum atomic E-state index is 13.3. The van der Waals surface area contributed by atoms with E-state index in [1.807, 2.05) is 4.90 Å². The van der Waals surface area contributed by atoms with Gasteiger partial charge in [0.05, 0.1) is 0 Å². The Labute approximate surface area is 208 Å². The molecule has 2 aliphatic carbocycles. The fraction of sp³-hybridized carbons (Fsp3) is 0.560. The predicted octanol–water partition coefficient (Wildman–Crippen LogP) is 5.57. The summed E-state index contributed by atoms with van der Waals surface area (Å²) >= 11 is 0. The Balaban J connectivity index is 1.16. The lowest BCUT2D eigenvalue weighted by Gasteiger charge is -2.39. The Kier molecular flexibility index (Phi) is 5.57. The third kappa shape index (κ3) is 4.48. The summed E-state index contributed by atoms with van der Waals surface area (Å²) < 4.78 is 86.4. The zero-order chi connectivity index (χ0) is 26.0. The smallest absolute Gasteiger partial charge is 0.433 e. The summed E-state index contributed by atoms with van der Waals surface area (Å²) in [6.45, 7) is 0.847. The number of hydrogen-bond acceptors (Lipinski definition) is 5. The van der Waals surface area contributed by atoms with Crippen LogP contribution in [0.15, 0.2) is 36.7 Å². The van der Waals surface area contributed by atoms with Crippen molar-refractivity contribution in [2.75, 3.05) is 24.6 Å². The summed E-state index contributed by atoms with van der Waals surface area (Å²) in [6, 6.07) is 5.99. The van der Waals surface area contributed by atoms with Crippen molar-refractivity contribution in [3.8, 4) is 5.75 Å². The highest BCUT2D eigenvalue weighted by Crippen LogP contribution is 2.57. The zero-order valence-electron chi connectivity index (χ0n) is 19.8. The summed E-state index contributed by atoms with van der Waals surface area (Å²) in [7, 11) is 0. The summed E-state index contributed by atoms with van der Waals surface area (Å²) in [6.07, 6.45) is -3.21. The van der Waals surface area contributed by atoms with Gasteiger partial charge in [-0.15, -0.1) is 0 Å². The van der Waals surface area contributed by atoms with Crippen LogP contribution in [0, 0.1) is 23.2 Å². The van der Waals surface area contributed by atoms with Gasteiger partial charge in [-0.2, -0.15) is 31.4 Å². The van der Waals surface area contributed by atoms with Crippen molar-refractivity contribution < 1.29 is 31.1 Å². The van der Waals surface area contributed by atoms with Crippen LogP contribution < -0.4 is 9.64 Å². The average molecular weight is 525 g/mol. The highest BCUT2D eigenvalue weighted by atomic mass is 19.4. The Morgan fingerprint density at radius 3 is 2.41 bits per heavy atom. The fourth-order valence-electron chi connectivity index (χ4n) is 5.86. The summed E-state index contributed by atoms with van der Waals surface area (Å²) in [4.78, 5) is 10.1. The molecule has 12 heteroatoms. The third-order valence-corrected chi connectivity index (χ3v) is 8.18. The molecule has 1 aliphatic heterocycles. The molecule has 37 heavy (non-hydrogen) atoms. The molecule has 0 N–H and O–H groups in total. The van der Waals surface area contributed by atoms with Crippen molar-refractivity contribution in [2.45, 2.75) is 44.5 Å². The molecule has 0 spiro atoms. The molecule has 6 nitrogen and oxygen atoms in total. The number of alkyl halides is 6. The van der Waals surface area contributed by atoms with Crippen LogP contribution in [0.4, 0.5) is 32.0 Å². The predicted molar refractivity (Wildman–Crippen MR) is 121 cm³/mol. The van der Waals surface area contributed by atoms with Crippen molar-refractivity contribution in [1.82, 2.24) is 19.6 Å². The van der Waals surface area contributed by atoms with Crippen LogP contribution in [0.2, 0.25) is 0 Å². The summed E-state index contributed by atoms with van der Waals surface area (Å²) in [5, 5.41) is 4.55. The molecule has 2 bridgehead atoms. The third-order valence-electron chi connectivity index (χ3n) is 8.18. The molecule has 3 aliphatic rings. The Morgan fingerprint density at radius 1 is 1.03 bits per heavy atom. The molecule has 3 aromatic rings. The first-order valence-electron chi connectivity index (χ1n) is 12.3. The van der Waals surface area contributed by atoms with E-state index in [4.69, 9.17) is 4.74 Å². The monoisotopic (exact) mass is 525 g/mol. The van der Waals surface area contributed by atoms with Gasteiger partial charge in [0.1, 0.15) is 17.7 Å². The maximum Gasteiger partial charge on any atom is 0.433 e. The van der Waals surface area contributed by atoms with Gasteiger partial charge in [-0.05, 0) is 67.7 Å². The molecule has 1 unspecified atom stereocenters. The largest absolute Gasteiger partial charge is 0.489 e. The molecule has 198 valence electrons. The molecule has 2 saturated carbocycles. The number of nitrogens with zero attached hydrogens (tertiary/aromatic N) is 5. The quantitative estimate of drug-likeness (QED) is 0.394. The second kappa shape index (κ2) is 8.49. The van der Waals surface area contributed by atoms with Crippen LogP contribution in [-0.4, -0.2) is 45.5 Å². The fourth-order valence-corrected chi connectivity index (χ4v) is 5.86. The van der Waals surface area contributed by atoms with Gasteiger partial charge in [0.2, 0.25) is 0 Å². The minimum atomic E-state index is -4.49. The second-order valence-electron chi connectivity index (χ2n) is 10.5. The molecule has 3 aromatic heterocycles. The average Bonchev–Trinajstić information content (AvgIpc) is 3.49. The highest BCUT2D eigenvalue weighted by molar-refractivity contribution is 5.53. The van der Waals surface area contributed by atoms with Crippen molar-refractivity contribution in [1.29, 1.82) is 0 Å². The van der Waals surface area contributed by atoms with E-state index in [2.05, 4.69) is 15.1 Å². The van der Waals surface area contributed by atoms with Gasteiger partial charge in [-0.3, -0.25) is 4.98 Å². The van der Waals surface area contributed by atoms with E-state index >= 15 is 0 Å². The number of rotatable bonds is 6. The SMILES string of the molecule is FC(F)(F)c1cc(N2C[C@H]3CC[C@@H](C2)C3Cc2nc3c(OCC4(C(F)(F)F)CC4)cccn3n2)ccn1. The van der Waals surface area contributed by atoms with Crippen LogP contribution in [0.1, 0.15) is 37.2 Å². The van der Waals surface area contributed by atoms with Crippen molar-refractivity contribution in [3.05, 3.63) is 48.2 Å². The van der Waals surface area contributed by atoms with E-state index in [0.29, 0.717) is 36.7 Å². The molecular weight excluding hydrogens is 500 g/mol. The molecular formula is C25H25F6N5O. The van der Waals surface area contributed by atoms with E-state index in [1.165, 1.54) is 10.7 Å². The molecule has 0 radical (unpaired) electrons. The lowest BCUT2D eigenvalue weighted by molar-refractivity contribution is -0.194. The first-order valence-corrected chi connectivity index (χ1v) is 12.3. The number of piperidine rings is 1. The molecule has 3 fully saturated rings. The van der Waals surface area contributed by atoms with Crippen molar-refractivity contribution >= 4 is 11.3 Å². The van der Waals surface area contributed by atoms with Crippen LogP contribution >= 0.6 is 0 Å². The Morgan fingerprint density at radius 2 is 1.76 bits per heavy atom. The number of hydrogen-bond donors (Lipinski definition) is 0. The number of halogens is 6. The lowest BCUT2D eigenvalue weighted by Crippen LogP contribution is -2.43. The second-order valence-corrected chi connectivity index (χ2v) is 10.5. The number of anilines is 1. The Bertz CT molecular complexity index is 1290. The maximum absolute atomic E-state index is 13.3. The molecule has 0 amide bonds. The van der Waals surface area contributed by atoms with Gasteiger partial charge in [0, 0.05) is 37.6 Å². The highest BCUT2D eigenvalue weighted by Gasteiger charge is 2.64. The van der Waals surface area contributed by atoms with Crippen molar-refractivity contribution in [2.24, 2.45) is 23.2 Å². The molecule has 3 atom stereocenters. The first-order chi connectivity index (χ1) is 17.5. The standard InChI is InChI=1S/C25H25F6N5O/c26-24(27,28)20-10-17(5-8-32-20)35-12-15-3-4-16(13-35)18(15)11-21-33-22-19(2-1-9-36(22)34-21)37-14-23(6-7-23)25(29,30)31/h1-2,5,8-10,15-16,18H,3-4,6-7,11-14H2/t15-,16+,18?. The van der Waals surface area contributed by atoms with Gasteiger partial charge < -0.3 is 9.64 Å². The van der Waals surface area contributed by atoms with Gasteiger partial charge in [0.25, 0.3) is 0 Å². The van der Waals surface area contributed by atoms with Crippen LogP contribution in [0.25, 0.3) is 5.65 Å². The number of fused-ring (bicyclic) bond motifs is 3. The lowest BCUT2D eigenvalue weighted by atomic mass is 9.82. The van der Waals surface area contributed by atoms with Gasteiger partial charge >= 0.3 is 12.4 Å². The summed E-state index contributed by atoms with van der Waals surface area (Å²) in [5.41, 5.74) is -1.76. The zero-order valence-corrected chi connectivity index (χ0v) is 19.8. The molecule has 0 aromatic carbocycles. The topological polar surface area (TPSA) is 55.6 Å². The number of pyridine rings is 2. The van der Waals surface area contributed by atoms with E-state index in [-0.39, 0.29) is 36.3 Å². The minimum absolute atomic E-state index is 0.0655. The molecule has 6 rings (SSSR count). The molecule has 1 saturated heterocycles. The van der Waals surface area contributed by atoms with Crippen LogP contribution in [0.5, 0.6) is 5.75 Å². The van der Waals surface area contributed by atoms with Crippen LogP contribution in [0.3, 0.4) is 0 Å². The first kappa shape index (κ1) is 24.3. The van der Waals surface area contributed by atoms with E-state index < -0.39 is 30.1 Å². The summed E-state index contributed by atoms with van der Waals surface area (Å²) in [5.74, 6) is 1.71. The van der Waals surface area contributed by atoms with Gasteiger partial charge in [0.15, 0.2) is 17.2 Å². The van der Waals surface area contributed by atoms with E-state index in [1.54, 1.807) is 24.4 Å². The van der Waals surface area contributed by atoms with Gasteiger partial charge in [-0.1, -0.05) is 0 Å². The minimum Gasteiger partial charge on any atom is -0.489 e. The number of ether oxygens (including phenoxy) is 1. The van der Waals surface area contributed by atoms with Gasteiger partial charge in [-0.25, -0.2) is 9.50 Å².